The van der Waals surface area contributed by atoms with E-state index in [1.807, 2.05) is 0 Å². The summed E-state index contributed by atoms with van der Waals surface area (Å²) in [6.45, 7) is 3.56. The van der Waals surface area contributed by atoms with Gasteiger partial charge in [-0.1, -0.05) is 41.9 Å². The van der Waals surface area contributed by atoms with Crippen molar-refractivity contribution in [2.45, 2.75) is 31.5 Å². The molecule has 2 atom stereocenters. The molecule has 0 saturated carbocycles. The number of aliphatic hydroxyl groups is 1. The van der Waals surface area contributed by atoms with E-state index in [1.54, 1.807) is 62.4 Å². The summed E-state index contributed by atoms with van der Waals surface area (Å²) < 4.78 is 0. The lowest BCUT2D eigenvalue weighted by Crippen LogP contribution is -2.64. The fourth-order valence-electron chi connectivity index (χ4n) is 3.50. The van der Waals surface area contributed by atoms with Gasteiger partial charge in [-0.2, -0.15) is 0 Å². The molecular formula is C19H19ClN2O3. The van der Waals surface area contributed by atoms with Gasteiger partial charge in [0.25, 0.3) is 5.91 Å². The van der Waals surface area contributed by atoms with Gasteiger partial charge in [0.2, 0.25) is 5.91 Å². The average Bonchev–Trinajstić information content (AvgIpc) is 2.57. The topological polar surface area (TPSA) is 83.6 Å². The van der Waals surface area contributed by atoms with E-state index >= 15 is 0 Å². The normalized spacial score (nSPS) is 22.8. The largest absolute Gasteiger partial charge is 0.378 e. The smallest absolute Gasteiger partial charge is 0.255 e. The minimum atomic E-state index is -1.76. The molecule has 0 saturated heterocycles. The van der Waals surface area contributed by atoms with E-state index in [1.165, 1.54) is 4.90 Å². The van der Waals surface area contributed by atoms with Crippen molar-refractivity contribution in [3.63, 3.8) is 0 Å². The SMILES string of the molecule is CC(C)N1C(=O)c2ccccc2C(O)(c2ccc(Cl)cc2)C1C(N)=O. The molecule has 0 aliphatic carbocycles. The van der Waals surface area contributed by atoms with Crippen LogP contribution in [0.3, 0.4) is 0 Å². The molecule has 0 spiro atoms. The number of nitrogens with two attached hydrogens (primary N) is 1. The van der Waals surface area contributed by atoms with Crippen molar-refractivity contribution < 1.29 is 14.7 Å². The van der Waals surface area contributed by atoms with Crippen LogP contribution in [-0.4, -0.2) is 33.9 Å². The van der Waals surface area contributed by atoms with Crippen LogP contribution < -0.4 is 5.73 Å². The molecule has 5 nitrogen and oxygen atoms in total. The fourth-order valence-corrected chi connectivity index (χ4v) is 3.63. The molecule has 130 valence electrons. The van der Waals surface area contributed by atoms with Crippen molar-refractivity contribution in [2.75, 3.05) is 0 Å². The van der Waals surface area contributed by atoms with Crippen molar-refractivity contribution in [3.05, 3.63) is 70.2 Å². The Balaban J connectivity index is 2.35. The maximum Gasteiger partial charge on any atom is 0.255 e. The monoisotopic (exact) mass is 358 g/mol. The molecule has 25 heavy (non-hydrogen) atoms. The second-order valence-electron chi connectivity index (χ2n) is 6.43. The summed E-state index contributed by atoms with van der Waals surface area (Å²) in [5.41, 5.74) is 5.05. The third-order valence-corrected chi connectivity index (χ3v) is 4.84. The number of carbonyl (C=O) groups is 2. The molecule has 2 aromatic carbocycles. The average molecular weight is 359 g/mol. The lowest BCUT2D eigenvalue weighted by atomic mass is 9.73. The van der Waals surface area contributed by atoms with Crippen LogP contribution in [0.2, 0.25) is 5.02 Å². The highest BCUT2D eigenvalue weighted by Crippen LogP contribution is 2.42. The summed E-state index contributed by atoms with van der Waals surface area (Å²) in [6.07, 6.45) is 0. The molecule has 3 N–H and O–H groups in total. The molecular weight excluding hydrogens is 340 g/mol. The van der Waals surface area contributed by atoms with Gasteiger partial charge in [0.1, 0.15) is 11.6 Å². The minimum absolute atomic E-state index is 0.322. The summed E-state index contributed by atoms with van der Waals surface area (Å²) in [4.78, 5) is 26.6. The van der Waals surface area contributed by atoms with Crippen LogP contribution in [0.1, 0.15) is 35.3 Å². The Hall–Kier alpha value is -2.37. The number of hydrogen-bond acceptors (Lipinski definition) is 3. The number of benzene rings is 2. The maximum atomic E-state index is 12.9. The summed E-state index contributed by atoms with van der Waals surface area (Å²) >= 11 is 5.96. The lowest BCUT2D eigenvalue weighted by molar-refractivity contribution is -0.133. The van der Waals surface area contributed by atoms with Crippen molar-refractivity contribution in [1.29, 1.82) is 0 Å². The predicted octanol–water partition coefficient (Wildman–Crippen LogP) is 2.29. The number of amides is 2. The first-order valence-electron chi connectivity index (χ1n) is 7.98. The van der Waals surface area contributed by atoms with E-state index in [4.69, 9.17) is 17.3 Å². The number of halogens is 1. The Morgan fingerprint density at radius 1 is 1.20 bits per heavy atom. The highest BCUT2D eigenvalue weighted by molar-refractivity contribution is 6.30. The molecule has 0 fully saturated rings. The number of nitrogens with zero attached hydrogens (tertiary/aromatic N) is 1. The number of primary amides is 1. The summed E-state index contributed by atoms with van der Waals surface area (Å²) in [5.74, 6) is -1.10. The van der Waals surface area contributed by atoms with Gasteiger partial charge in [0, 0.05) is 22.2 Å². The number of rotatable bonds is 3. The number of hydrogen-bond donors (Lipinski definition) is 2. The predicted molar refractivity (Wildman–Crippen MR) is 95.2 cm³/mol. The Bertz CT molecular complexity index is 835. The molecule has 3 rings (SSSR count). The van der Waals surface area contributed by atoms with Gasteiger partial charge in [0.15, 0.2) is 0 Å². The van der Waals surface area contributed by atoms with Crippen molar-refractivity contribution in [2.24, 2.45) is 5.73 Å². The third kappa shape index (κ3) is 2.60. The summed E-state index contributed by atoms with van der Waals surface area (Å²) in [7, 11) is 0. The van der Waals surface area contributed by atoms with Crippen LogP contribution in [0.15, 0.2) is 48.5 Å². The molecule has 1 aliphatic rings. The Morgan fingerprint density at radius 2 is 1.80 bits per heavy atom. The van der Waals surface area contributed by atoms with E-state index < -0.39 is 17.6 Å². The van der Waals surface area contributed by atoms with Crippen molar-refractivity contribution in [3.8, 4) is 0 Å². The zero-order valence-electron chi connectivity index (χ0n) is 13.9. The summed E-state index contributed by atoms with van der Waals surface area (Å²) in [5, 5.41) is 12.2. The van der Waals surface area contributed by atoms with Gasteiger partial charge in [0.05, 0.1) is 0 Å². The first-order valence-corrected chi connectivity index (χ1v) is 8.36. The van der Waals surface area contributed by atoms with Crippen molar-refractivity contribution >= 4 is 23.4 Å². The Kier molecular flexibility index (Phi) is 4.31. The Morgan fingerprint density at radius 3 is 2.36 bits per heavy atom. The van der Waals surface area contributed by atoms with Gasteiger partial charge >= 0.3 is 0 Å². The number of carbonyl (C=O) groups excluding carboxylic acids is 2. The molecule has 0 radical (unpaired) electrons. The Labute approximate surface area is 151 Å². The molecule has 1 heterocycles. The first-order chi connectivity index (χ1) is 11.8. The van der Waals surface area contributed by atoms with Crippen LogP contribution >= 0.6 is 11.6 Å². The summed E-state index contributed by atoms with van der Waals surface area (Å²) in [6, 6.07) is 11.7. The van der Waals surface area contributed by atoms with E-state index in [9.17, 15) is 14.7 Å². The van der Waals surface area contributed by atoms with E-state index in [0.29, 0.717) is 21.7 Å². The second kappa shape index (κ2) is 6.17. The number of fused-ring (bicyclic) bond motifs is 1. The van der Waals surface area contributed by atoms with Crippen LogP contribution in [0.5, 0.6) is 0 Å². The minimum Gasteiger partial charge on any atom is -0.378 e. The quantitative estimate of drug-likeness (QED) is 0.883. The van der Waals surface area contributed by atoms with Gasteiger partial charge in [-0.3, -0.25) is 9.59 Å². The molecule has 1 aliphatic heterocycles. The first kappa shape index (κ1) is 17.5. The molecule has 2 amide bonds. The van der Waals surface area contributed by atoms with E-state index in [2.05, 4.69) is 0 Å². The van der Waals surface area contributed by atoms with Gasteiger partial charge < -0.3 is 15.7 Å². The second-order valence-corrected chi connectivity index (χ2v) is 6.87. The van der Waals surface area contributed by atoms with E-state index in [0.717, 1.165) is 0 Å². The van der Waals surface area contributed by atoms with Gasteiger partial charge in [-0.05, 0) is 37.6 Å². The van der Waals surface area contributed by atoms with Gasteiger partial charge in [-0.15, -0.1) is 0 Å². The highest BCUT2D eigenvalue weighted by Gasteiger charge is 2.54. The van der Waals surface area contributed by atoms with E-state index in [-0.39, 0.29) is 11.9 Å². The lowest BCUT2D eigenvalue weighted by Gasteiger charge is -2.47. The molecule has 0 bridgehead atoms. The highest BCUT2D eigenvalue weighted by atomic mass is 35.5. The van der Waals surface area contributed by atoms with Crippen LogP contribution in [-0.2, 0) is 10.4 Å². The van der Waals surface area contributed by atoms with Crippen LogP contribution in [0, 0.1) is 0 Å². The standard InChI is InChI=1S/C19H19ClN2O3/c1-11(2)22-16(17(21)23)19(25,12-7-9-13(20)10-8-12)15-6-4-3-5-14(15)18(22)24/h3-11,16,25H,1-2H3,(H2,21,23). The van der Waals surface area contributed by atoms with Crippen LogP contribution in [0.4, 0.5) is 0 Å². The fraction of sp³-hybridized carbons (Fsp3) is 0.263. The van der Waals surface area contributed by atoms with Crippen molar-refractivity contribution in [1.82, 2.24) is 4.90 Å². The molecule has 6 heteroatoms. The molecule has 2 aromatic rings. The van der Waals surface area contributed by atoms with Crippen LogP contribution in [0.25, 0.3) is 0 Å². The third-order valence-electron chi connectivity index (χ3n) is 4.59. The maximum absolute atomic E-state index is 12.9. The zero-order valence-corrected chi connectivity index (χ0v) is 14.7. The molecule has 0 aromatic heterocycles. The molecule has 2 unspecified atom stereocenters. The zero-order chi connectivity index (χ0) is 18.4. The van der Waals surface area contributed by atoms with Gasteiger partial charge in [-0.25, -0.2) is 0 Å².